The monoisotopic (exact) mass is 626 g/mol. The Morgan fingerprint density at radius 1 is 1.05 bits per heavy atom. The fourth-order valence-electron chi connectivity index (χ4n) is 4.53. The van der Waals surface area contributed by atoms with E-state index in [9.17, 15) is 4.79 Å². The number of nitrogens with two attached hydrogens (primary N) is 2. The Morgan fingerprint density at radius 3 is 2.48 bits per heavy atom. The molecule has 1 atom stereocenters. The van der Waals surface area contributed by atoms with Crippen molar-refractivity contribution in [3.05, 3.63) is 76.5 Å². The minimum Gasteiger partial charge on any atom is -0.497 e. The van der Waals surface area contributed by atoms with E-state index in [2.05, 4.69) is 20.6 Å². The van der Waals surface area contributed by atoms with E-state index < -0.39 is 11.7 Å². The van der Waals surface area contributed by atoms with Gasteiger partial charge in [-0.1, -0.05) is 29.8 Å². The standard InChI is InChI=1S/C31H39ClN6O6/c1-31(2)43-18-24(44-31)17-42-22-11-8-19(9-12-22)6-5-7-21(35-15-20-10-13-23(40-3)14-25(20)41-4)16-36-30(39)26-28(33)38-29(34)27(32)37-26/h8-14,18,21,35H,5-7,15-17H2,1-4H3,(H,36,39)(H4,33,34,38)/t21-/m1/s1. The number of aryl methyl sites for hydroxylation is 1. The van der Waals surface area contributed by atoms with Crippen LogP contribution in [0.4, 0.5) is 11.6 Å². The number of carbonyl (C=O) groups is 1. The number of amides is 1. The summed E-state index contributed by atoms with van der Waals surface area (Å²) in [5.74, 6) is 1.51. The SMILES string of the molecule is COc1ccc(CN[C@H](CCCc2ccc(OCC3=COC(C)(C)O3)cc2)CNC(=O)c2nc(Cl)c(N)nc2N)c(OC)c1. The van der Waals surface area contributed by atoms with Crippen molar-refractivity contribution in [2.45, 2.75) is 51.5 Å². The Labute approximate surface area is 262 Å². The number of ether oxygens (including phenoxy) is 5. The second kappa shape index (κ2) is 14.8. The number of nitrogen functional groups attached to an aromatic ring is 2. The minimum absolute atomic E-state index is 0.0350. The summed E-state index contributed by atoms with van der Waals surface area (Å²) in [6, 6.07) is 13.5. The number of carbonyl (C=O) groups excluding carboxylic acids is 1. The maximum Gasteiger partial charge on any atom is 0.273 e. The average molecular weight is 627 g/mol. The normalized spacial score (nSPS) is 14.2. The molecule has 13 heteroatoms. The largest absolute Gasteiger partial charge is 0.497 e. The summed E-state index contributed by atoms with van der Waals surface area (Å²) in [5, 5.41) is 6.35. The maximum absolute atomic E-state index is 12.9. The molecule has 44 heavy (non-hydrogen) atoms. The van der Waals surface area contributed by atoms with Gasteiger partial charge in [0.05, 0.1) is 14.2 Å². The molecule has 6 N–H and O–H groups in total. The summed E-state index contributed by atoms with van der Waals surface area (Å²) in [6.07, 6.45) is 4.04. The maximum atomic E-state index is 12.9. The summed E-state index contributed by atoms with van der Waals surface area (Å²) in [4.78, 5) is 20.8. The van der Waals surface area contributed by atoms with E-state index in [0.717, 1.165) is 36.1 Å². The molecule has 1 aliphatic heterocycles. The van der Waals surface area contributed by atoms with Gasteiger partial charge >= 0.3 is 0 Å². The van der Waals surface area contributed by atoms with E-state index in [1.165, 1.54) is 0 Å². The zero-order chi connectivity index (χ0) is 31.7. The first-order valence-corrected chi connectivity index (χ1v) is 14.5. The molecule has 2 heterocycles. The van der Waals surface area contributed by atoms with Crippen LogP contribution in [0.2, 0.25) is 5.15 Å². The lowest BCUT2D eigenvalue weighted by atomic mass is 10.0. The zero-order valence-electron chi connectivity index (χ0n) is 25.3. The van der Waals surface area contributed by atoms with Crippen molar-refractivity contribution in [3.63, 3.8) is 0 Å². The highest BCUT2D eigenvalue weighted by Gasteiger charge is 2.27. The molecule has 0 saturated heterocycles. The number of benzene rings is 2. The second-order valence-electron chi connectivity index (χ2n) is 10.6. The minimum atomic E-state index is -0.663. The van der Waals surface area contributed by atoms with Crippen molar-refractivity contribution in [1.82, 2.24) is 20.6 Å². The number of nitrogens with one attached hydrogen (secondary N) is 2. The fourth-order valence-corrected chi connectivity index (χ4v) is 4.66. The highest BCUT2D eigenvalue weighted by atomic mass is 35.5. The molecule has 0 fully saturated rings. The van der Waals surface area contributed by atoms with Crippen LogP contribution in [0.25, 0.3) is 0 Å². The molecular weight excluding hydrogens is 588 g/mol. The molecule has 3 aromatic rings. The Bertz CT molecular complexity index is 1470. The van der Waals surface area contributed by atoms with Crippen molar-refractivity contribution in [1.29, 1.82) is 0 Å². The van der Waals surface area contributed by atoms with Crippen LogP contribution < -0.4 is 36.3 Å². The third-order valence-corrected chi connectivity index (χ3v) is 7.16. The van der Waals surface area contributed by atoms with Gasteiger partial charge in [0.1, 0.15) is 30.1 Å². The van der Waals surface area contributed by atoms with Gasteiger partial charge < -0.3 is 45.8 Å². The molecule has 0 bridgehead atoms. The van der Waals surface area contributed by atoms with Crippen molar-refractivity contribution in [3.8, 4) is 17.2 Å². The molecule has 0 radical (unpaired) electrons. The Kier molecular flexibility index (Phi) is 11.0. The zero-order valence-corrected chi connectivity index (χ0v) is 26.1. The predicted octanol–water partition coefficient (Wildman–Crippen LogP) is 4.23. The smallest absolute Gasteiger partial charge is 0.273 e. The Morgan fingerprint density at radius 2 is 1.80 bits per heavy atom. The van der Waals surface area contributed by atoms with E-state index in [1.807, 2.05) is 56.3 Å². The first kappa shape index (κ1) is 32.5. The first-order chi connectivity index (χ1) is 21.1. The molecule has 236 valence electrons. The van der Waals surface area contributed by atoms with Gasteiger partial charge in [0.25, 0.3) is 5.91 Å². The molecule has 12 nitrogen and oxygen atoms in total. The highest BCUT2D eigenvalue weighted by molar-refractivity contribution is 6.31. The topological polar surface area (TPSA) is 165 Å². The highest BCUT2D eigenvalue weighted by Crippen LogP contribution is 2.26. The average Bonchev–Trinajstić information content (AvgIpc) is 3.37. The quantitative estimate of drug-likeness (QED) is 0.191. The third kappa shape index (κ3) is 9.04. The number of hydrogen-bond acceptors (Lipinski definition) is 11. The predicted molar refractivity (Wildman–Crippen MR) is 168 cm³/mol. The second-order valence-corrected chi connectivity index (χ2v) is 11.0. The number of nitrogens with zero attached hydrogens (tertiary/aromatic N) is 2. The molecule has 2 aromatic carbocycles. The summed E-state index contributed by atoms with van der Waals surface area (Å²) < 4.78 is 27.8. The van der Waals surface area contributed by atoms with Crippen LogP contribution >= 0.6 is 11.6 Å². The number of hydrogen-bond donors (Lipinski definition) is 4. The number of halogens is 1. The van der Waals surface area contributed by atoms with E-state index in [1.54, 1.807) is 20.5 Å². The molecule has 4 rings (SSSR count). The van der Waals surface area contributed by atoms with Crippen LogP contribution in [0.1, 0.15) is 48.3 Å². The number of anilines is 2. The van der Waals surface area contributed by atoms with Gasteiger partial charge in [0.15, 0.2) is 28.2 Å². The van der Waals surface area contributed by atoms with Crippen LogP contribution in [-0.4, -0.2) is 55.1 Å². The Hall–Kier alpha value is -4.42. The van der Waals surface area contributed by atoms with E-state index in [4.69, 9.17) is 46.8 Å². The van der Waals surface area contributed by atoms with Crippen LogP contribution in [0, 0.1) is 0 Å². The van der Waals surface area contributed by atoms with Crippen LogP contribution in [-0.2, 0) is 22.4 Å². The van der Waals surface area contributed by atoms with Gasteiger partial charge in [0, 0.05) is 44.6 Å². The molecule has 1 aliphatic rings. The van der Waals surface area contributed by atoms with E-state index in [-0.39, 0.29) is 28.5 Å². The number of rotatable bonds is 15. The van der Waals surface area contributed by atoms with Gasteiger partial charge in [-0.05, 0) is 43.0 Å². The van der Waals surface area contributed by atoms with E-state index in [0.29, 0.717) is 37.0 Å². The van der Waals surface area contributed by atoms with Gasteiger partial charge in [-0.2, -0.15) is 0 Å². The Balaban J connectivity index is 1.34. The lowest BCUT2D eigenvalue weighted by molar-refractivity contribution is -0.119. The molecule has 0 spiro atoms. The van der Waals surface area contributed by atoms with Crippen LogP contribution in [0.5, 0.6) is 17.2 Å². The molecular formula is C31H39ClN6O6. The van der Waals surface area contributed by atoms with Gasteiger partial charge in [-0.25, -0.2) is 9.97 Å². The van der Waals surface area contributed by atoms with Gasteiger partial charge in [0.2, 0.25) is 5.79 Å². The van der Waals surface area contributed by atoms with Gasteiger partial charge in [-0.15, -0.1) is 0 Å². The van der Waals surface area contributed by atoms with Crippen molar-refractivity contribution in [2.24, 2.45) is 0 Å². The summed E-state index contributed by atoms with van der Waals surface area (Å²) in [7, 11) is 3.22. The lowest BCUT2D eigenvalue weighted by Gasteiger charge is -2.21. The molecule has 0 saturated carbocycles. The summed E-state index contributed by atoms with van der Waals surface area (Å²) in [5.41, 5.74) is 13.6. The third-order valence-electron chi connectivity index (χ3n) is 6.88. The molecule has 0 unspecified atom stereocenters. The van der Waals surface area contributed by atoms with Gasteiger partial charge in [-0.3, -0.25) is 4.79 Å². The van der Waals surface area contributed by atoms with Crippen molar-refractivity contribution in [2.75, 3.05) is 38.8 Å². The number of aromatic nitrogens is 2. The molecule has 0 aliphatic carbocycles. The number of methoxy groups -OCH3 is 2. The van der Waals surface area contributed by atoms with Crippen LogP contribution in [0.3, 0.4) is 0 Å². The van der Waals surface area contributed by atoms with Crippen molar-refractivity contribution < 1.29 is 28.5 Å². The van der Waals surface area contributed by atoms with Crippen molar-refractivity contribution >= 4 is 29.1 Å². The fraction of sp³-hybridized carbons (Fsp3) is 0.387. The van der Waals surface area contributed by atoms with E-state index >= 15 is 0 Å². The molecule has 1 amide bonds. The summed E-state index contributed by atoms with van der Waals surface area (Å²) >= 11 is 5.97. The molecule has 1 aromatic heterocycles. The lowest BCUT2D eigenvalue weighted by Crippen LogP contribution is -2.41. The first-order valence-electron chi connectivity index (χ1n) is 14.2. The van der Waals surface area contributed by atoms with Crippen LogP contribution in [0.15, 0.2) is 54.5 Å². The summed E-state index contributed by atoms with van der Waals surface area (Å²) in [6.45, 7) is 4.80.